The van der Waals surface area contributed by atoms with Crippen molar-refractivity contribution in [2.45, 2.75) is 10.9 Å². The van der Waals surface area contributed by atoms with E-state index in [4.69, 9.17) is 11.6 Å². The fourth-order valence-electron chi connectivity index (χ4n) is 1.70. The predicted molar refractivity (Wildman–Crippen MR) is 88.3 cm³/mol. The van der Waals surface area contributed by atoms with E-state index in [1.54, 1.807) is 41.4 Å². The van der Waals surface area contributed by atoms with Gasteiger partial charge in [-0.3, -0.25) is 4.98 Å². The minimum Gasteiger partial charge on any atom is -0.264 e. The molecule has 0 amide bonds. The van der Waals surface area contributed by atoms with Gasteiger partial charge in [0.1, 0.15) is 6.33 Å². The van der Waals surface area contributed by atoms with E-state index in [9.17, 15) is 0 Å². The summed E-state index contributed by atoms with van der Waals surface area (Å²) in [6.45, 7) is 0. The van der Waals surface area contributed by atoms with Crippen molar-refractivity contribution in [3.8, 4) is 0 Å². The fraction of sp³-hybridized carbons (Fsp3) is 0.0667. The summed E-state index contributed by atoms with van der Waals surface area (Å²) in [6.07, 6.45) is 6.78. The van der Waals surface area contributed by atoms with Crippen molar-refractivity contribution in [1.82, 2.24) is 19.9 Å². The maximum atomic E-state index is 5.88. The van der Waals surface area contributed by atoms with E-state index < -0.39 is 0 Å². The molecule has 110 valence electrons. The third-order valence-electron chi connectivity index (χ3n) is 2.80. The van der Waals surface area contributed by atoms with Crippen molar-refractivity contribution in [2.75, 3.05) is 0 Å². The number of rotatable bonds is 5. The molecule has 0 aliphatic heterocycles. The lowest BCUT2D eigenvalue weighted by Crippen LogP contribution is -1.93. The molecule has 22 heavy (non-hydrogen) atoms. The normalized spacial score (nSPS) is 11.1. The van der Waals surface area contributed by atoms with E-state index in [1.165, 1.54) is 5.56 Å². The third kappa shape index (κ3) is 3.93. The van der Waals surface area contributed by atoms with Gasteiger partial charge in [-0.05, 0) is 23.8 Å². The molecule has 3 aromatic rings. The van der Waals surface area contributed by atoms with Crippen LogP contribution in [-0.2, 0) is 5.75 Å². The summed E-state index contributed by atoms with van der Waals surface area (Å²) in [5.74, 6) is 0.776. The second kappa shape index (κ2) is 7.20. The lowest BCUT2D eigenvalue weighted by molar-refractivity contribution is 0.767. The van der Waals surface area contributed by atoms with Gasteiger partial charge in [-0.15, -0.1) is 10.2 Å². The lowest BCUT2D eigenvalue weighted by atomic mass is 10.2. The summed E-state index contributed by atoms with van der Waals surface area (Å²) >= 11 is 7.44. The molecule has 0 saturated carbocycles. The van der Waals surface area contributed by atoms with Crippen LogP contribution in [0.15, 0.2) is 65.4 Å². The van der Waals surface area contributed by atoms with E-state index in [-0.39, 0.29) is 0 Å². The molecule has 0 fully saturated rings. The molecule has 2 heterocycles. The minimum atomic E-state index is 0.732. The summed E-state index contributed by atoms with van der Waals surface area (Å²) in [4.78, 5) is 4.04. The van der Waals surface area contributed by atoms with E-state index in [1.807, 2.05) is 36.4 Å². The van der Waals surface area contributed by atoms with Gasteiger partial charge in [0.25, 0.3) is 0 Å². The predicted octanol–water partition coefficient (Wildman–Crippen LogP) is 3.50. The zero-order valence-electron chi connectivity index (χ0n) is 11.5. The maximum Gasteiger partial charge on any atom is 0.212 e. The first-order valence-electron chi connectivity index (χ1n) is 6.53. The van der Waals surface area contributed by atoms with Crippen LogP contribution in [0.4, 0.5) is 0 Å². The van der Waals surface area contributed by atoms with Crippen LogP contribution in [0.2, 0.25) is 5.02 Å². The Morgan fingerprint density at radius 2 is 2.09 bits per heavy atom. The highest BCUT2D eigenvalue weighted by Crippen LogP contribution is 2.21. The first kappa shape index (κ1) is 14.7. The average molecular weight is 330 g/mol. The van der Waals surface area contributed by atoms with Crippen molar-refractivity contribution in [3.63, 3.8) is 0 Å². The molecule has 0 saturated heterocycles. The summed E-state index contributed by atoms with van der Waals surface area (Å²) in [5.41, 5.74) is 2.09. The van der Waals surface area contributed by atoms with Crippen LogP contribution in [0.1, 0.15) is 11.1 Å². The van der Waals surface area contributed by atoms with E-state index in [0.717, 1.165) is 21.5 Å². The third-order valence-corrected chi connectivity index (χ3v) is 4.05. The Hall–Kier alpha value is -2.18. The summed E-state index contributed by atoms with van der Waals surface area (Å²) in [5, 5.41) is 13.8. The first-order chi connectivity index (χ1) is 10.8. The van der Waals surface area contributed by atoms with Crippen LogP contribution in [0.3, 0.4) is 0 Å². The van der Waals surface area contributed by atoms with Gasteiger partial charge in [0.15, 0.2) is 0 Å². The Morgan fingerprint density at radius 1 is 1.23 bits per heavy atom. The van der Waals surface area contributed by atoms with Crippen molar-refractivity contribution < 1.29 is 0 Å². The Balaban J connectivity index is 1.67. The smallest absolute Gasteiger partial charge is 0.212 e. The highest BCUT2D eigenvalue weighted by atomic mass is 35.5. The minimum absolute atomic E-state index is 0.732. The second-order valence-corrected chi connectivity index (χ2v) is 5.78. The van der Waals surface area contributed by atoms with E-state index in [2.05, 4.69) is 20.3 Å². The first-order valence-corrected chi connectivity index (χ1v) is 7.89. The topological polar surface area (TPSA) is 56.0 Å². The maximum absolute atomic E-state index is 5.88. The van der Waals surface area contributed by atoms with Gasteiger partial charge in [0.2, 0.25) is 5.16 Å². The molecule has 2 aromatic heterocycles. The molecule has 0 atom stereocenters. The molecule has 0 aliphatic carbocycles. The van der Waals surface area contributed by atoms with Crippen LogP contribution in [0, 0.1) is 0 Å². The molecule has 3 rings (SSSR count). The fourth-order valence-corrected chi connectivity index (χ4v) is 2.65. The van der Waals surface area contributed by atoms with Gasteiger partial charge < -0.3 is 0 Å². The Labute approximate surface area is 137 Å². The molecule has 0 N–H and O–H groups in total. The molecule has 0 spiro atoms. The molecule has 7 heteroatoms. The molecule has 5 nitrogen and oxygen atoms in total. The Morgan fingerprint density at radius 3 is 2.86 bits per heavy atom. The van der Waals surface area contributed by atoms with Crippen molar-refractivity contribution in [2.24, 2.45) is 5.10 Å². The number of aromatic nitrogens is 4. The molecule has 0 unspecified atom stereocenters. The van der Waals surface area contributed by atoms with Crippen LogP contribution in [-0.4, -0.2) is 26.1 Å². The Bertz CT molecular complexity index is 755. The monoisotopic (exact) mass is 329 g/mol. The van der Waals surface area contributed by atoms with Crippen LogP contribution in [0.25, 0.3) is 0 Å². The second-order valence-electron chi connectivity index (χ2n) is 4.40. The standard InChI is InChI=1S/C15H12ClN5S/c16-14-5-3-12(4-6-14)10-22-15-20-18-11-21(15)19-9-13-2-1-7-17-8-13/h1-9,11H,10H2/b19-9-. The zero-order valence-corrected chi connectivity index (χ0v) is 13.1. The number of hydrogen-bond acceptors (Lipinski definition) is 5. The van der Waals surface area contributed by atoms with Crippen molar-refractivity contribution in [1.29, 1.82) is 0 Å². The molecule has 0 bridgehead atoms. The molecule has 0 radical (unpaired) electrons. The highest BCUT2D eigenvalue weighted by molar-refractivity contribution is 7.98. The van der Waals surface area contributed by atoms with E-state index in [0.29, 0.717) is 0 Å². The molecular formula is C15H12ClN5S. The number of pyridine rings is 1. The SMILES string of the molecule is Clc1ccc(CSc2nncn2/N=C\c2cccnc2)cc1. The zero-order chi connectivity index (χ0) is 15.2. The largest absolute Gasteiger partial charge is 0.264 e. The number of benzene rings is 1. The van der Waals surface area contributed by atoms with Crippen LogP contribution < -0.4 is 0 Å². The quantitative estimate of drug-likeness (QED) is 0.531. The van der Waals surface area contributed by atoms with Crippen molar-refractivity contribution >= 4 is 29.6 Å². The van der Waals surface area contributed by atoms with Crippen LogP contribution >= 0.6 is 23.4 Å². The number of thioether (sulfide) groups is 1. The Kier molecular flexibility index (Phi) is 4.82. The van der Waals surface area contributed by atoms with Gasteiger partial charge in [0.05, 0.1) is 6.21 Å². The van der Waals surface area contributed by atoms with Crippen LogP contribution in [0.5, 0.6) is 0 Å². The van der Waals surface area contributed by atoms with Gasteiger partial charge in [-0.25, -0.2) is 0 Å². The number of hydrogen-bond donors (Lipinski definition) is 0. The summed E-state index contributed by atoms with van der Waals surface area (Å²) in [7, 11) is 0. The molecule has 0 aliphatic rings. The van der Waals surface area contributed by atoms with Gasteiger partial charge in [-0.2, -0.15) is 9.78 Å². The van der Waals surface area contributed by atoms with Gasteiger partial charge in [0, 0.05) is 28.7 Å². The van der Waals surface area contributed by atoms with Gasteiger partial charge in [-0.1, -0.05) is 41.6 Å². The van der Waals surface area contributed by atoms with Gasteiger partial charge >= 0.3 is 0 Å². The number of halogens is 1. The van der Waals surface area contributed by atoms with E-state index >= 15 is 0 Å². The number of nitrogens with zero attached hydrogens (tertiary/aromatic N) is 5. The van der Waals surface area contributed by atoms with Crippen molar-refractivity contribution in [3.05, 3.63) is 71.3 Å². The summed E-state index contributed by atoms with van der Waals surface area (Å²) in [6, 6.07) is 11.5. The summed E-state index contributed by atoms with van der Waals surface area (Å²) < 4.78 is 1.65. The highest BCUT2D eigenvalue weighted by Gasteiger charge is 2.04. The average Bonchev–Trinajstić information content (AvgIpc) is 3.01. The molecule has 1 aromatic carbocycles. The molecular weight excluding hydrogens is 318 g/mol. The lowest BCUT2D eigenvalue weighted by Gasteiger charge is -2.01.